The van der Waals surface area contributed by atoms with Crippen molar-refractivity contribution in [2.75, 3.05) is 121 Å². The molecule has 5 aromatic rings. The number of piperazine rings is 2. The normalized spacial score (nSPS) is 19.1. The van der Waals surface area contributed by atoms with Crippen molar-refractivity contribution in [3.63, 3.8) is 0 Å². The first kappa shape index (κ1) is 61.4. The van der Waals surface area contributed by atoms with Gasteiger partial charge in [-0.3, -0.25) is 24.1 Å². The van der Waals surface area contributed by atoms with Crippen molar-refractivity contribution >= 4 is 87.8 Å². The maximum Gasteiger partial charge on any atom is 0.246 e. The molecule has 4 saturated heterocycles. The molecule has 0 radical (unpaired) electrons. The summed E-state index contributed by atoms with van der Waals surface area (Å²) >= 11 is 8.09. The zero-order valence-electron chi connectivity index (χ0n) is 48.9. The largest absolute Gasteiger partial charge is 0.494 e. The Kier molecular flexibility index (Phi) is 20.1. The summed E-state index contributed by atoms with van der Waals surface area (Å²) in [6, 6.07) is 20.2. The van der Waals surface area contributed by atoms with Gasteiger partial charge in [-0.05, 0) is 73.9 Å². The Morgan fingerprint density at radius 3 is 2.19 bits per heavy atom. The minimum atomic E-state index is -2.57. The van der Waals surface area contributed by atoms with Crippen LogP contribution in [0.25, 0.3) is 10.4 Å². The van der Waals surface area contributed by atoms with Gasteiger partial charge < -0.3 is 60.2 Å². The van der Waals surface area contributed by atoms with Gasteiger partial charge in [0, 0.05) is 134 Å². The van der Waals surface area contributed by atoms with Crippen LogP contribution in [0.15, 0.2) is 78.4 Å². The van der Waals surface area contributed by atoms with Gasteiger partial charge in [-0.1, -0.05) is 68.8 Å². The number of aryl methyl sites for hydroxylation is 1. The van der Waals surface area contributed by atoms with Crippen LogP contribution in [0.5, 0.6) is 5.75 Å². The van der Waals surface area contributed by atoms with E-state index in [2.05, 4.69) is 61.9 Å². The fraction of sp³-hybridized carbons (Fsp3) is 0.517. The lowest BCUT2D eigenvalue weighted by molar-refractivity contribution is -0.144. The number of nitrogens with one attached hydrogen (secondary N) is 4. The number of amides is 4. The van der Waals surface area contributed by atoms with Crippen molar-refractivity contribution in [2.45, 2.75) is 90.6 Å². The van der Waals surface area contributed by atoms with E-state index in [0.717, 1.165) is 106 Å². The molecule has 0 bridgehead atoms. The number of carbonyl (C=O) groups is 4. The molecule has 3 aromatic carbocycles. The van der Waals surface area contributed by atoms with Gasteiger partial charge >= 0.3 is 0 Å². The van der Waals surface area contributed by atoms with Gasteiger partial charge in [0.1, 0.15) is 30.0 Å². The summed E-state index contributed by atoms with van der Waals surface area (Å²) in [4.78, 5) is 82.2. The minimum absolute atomic E-state index is 0.0141. The highest BCUT2D eigenvalue weighted by atomic mass is 35.5. The molecule has 2 aromatic heterocycles. The second-order valence-corrected chi connectivity index (χ2v) is 28.1. The number of ether oxygens (including phenoxy) is 1. The molecule has 6 heterocycles. The molecule has 0 saturated carbocycles. The van der Waals surface area contributed by atoms with E-state index in [0.29, 0.717) is 64.8 Å². The van der Waals surface area contributed by atoms with Crippen LogP contribution in [0.1, 0.15) is 64.1 Å². The number of aromatic nitrogens is 3. The van der Waals surface area contributed by atoms with Crippen LogP contribution in [0, 0.1) is 12.3 Å². The number of methoxy groups -OCH3 is 1. The smallest absolute Gasteiger partial charge is 0.246 e. The number of carbonyl (C=O) groups excluding carboxylic acids is 4. The Balaban J connectivity index is 0.661. The van der Waals surface area contributed by atoms with Gasteiger partial charge in [0.25, 0.3) is 0 Å². The highest BCUT2D eigenvalue weighted by molar-refractivity contribution is 7.70. The number of anilines is 5. The quantitative estimate of drug-likeness (QED) is 0.0517. The van der Waals surface area contributed by atoms with Crippen molar-refractivity contribution in [2.24, 2.45) is 5.41 Å². The number of likely N-dealkylation sites (tertiary alicyclic amines) is 1. The average Bonchev–Trinajstić information content (AvgIpc) is 4.36. The number of halogens is 1. The lowest BCUT2D eigenvalue weighted by Crippen LogP contribution is -2.58. The number of piperidine rings is 1. The molecule has 5 N–H and O–H groups in total. The molecule has 9 rings (SSSR count). The summed E-state index contributed by atoms with van der Waals surface area (Å²) in [5, 5.41) is 24.2. The Hall–Kier alpha value is -6.19. The van der Waals surface area contributed by atoms with E-state index in [4.69, 9.17) is 16.3 Å². The van der Waals surface area contributed by atoms with Crippen molar-refractivity contribution in [3.8, 4) is 16.2 Å². The summed E-state index contributed by atoms with van der Waals surface area (Å²) in [5.74, 6) is 0.601. The third kappa shape index (κ3) is 15.8. The molecule has 0 aliphatic carbocycles. The number of nitrogens with zero attached hydrogens (tertiary/aromatic N) is 9. The summed E-state index contributed by atoms with van der Waals surface area (Å²) in [7, 11) is -0.926. The van der Waals surface area contributed by atoms with Crippen molar-refractivity contribution in [1.29, 1.82) is 0 Å². The van der Waals surface area contributed by atoms with Crippen molar-refractivity contribution in [3.05, 3.63) is 94.7 Å². The van der Waals surface area contributed by atoms with Gasteiger partial charge in [-0.25, -0.2) is 9.97 Å². The molecule has 4 aliphatic heterocycles. The number of aliphatic hydroxyl groups excluding tert-OH is 1. The third-order valence-corrected chi connectivity index (χ3v) is 19.2. The Bertz CT molecular complexity index is 3120. The van der Waals surface area contributed by atoms with E-state index in [1.165, 1.54) is 11.1 Å². The number of aliphatic hydroxyl groups is 1. The monoisotopic (exact) mass is 1190 g/mol. The summed E-state index contributed by atoms with van der Waals surface area (Å²) in [6.07, 6.45) is 3.52. The topological polar surface area (TPSA) is 221 Å². The molecule has 20 nitrogen and oxygen atoms in total. The Morgan fingerprint density at radius 1 is 0.855 bits per heavy atom. The SMILES string of the molecule is COc1cc(N2CCC(N3CCN(C(=O)CCN4CCN(CCC(=O)NC(C(=O)N5C[C@H](O)C[C@H]5C(=O)NCc5ccc(-c6scnc6C)cc5)C(C)(C)C)CC4)CC3)CC2)ccc1Nc1ncc(Cl)c(Nc2ccccc2P(C)(C)=O)n1. The fourth-order valence-electron chi connectivity index (χ4n) is 11.5. The number of para-hydroxylation sites is 1. The predicted molar refractivity (Wildman–Crippen MR) is 329 cm³/mol. The second kappa shape index (κ2) is 27.2. The van der Waals surface area contributed by atoms with E-state index >= 15 is 0 Å². The highest BCUT2D eigenvalue weighted by Crippen LogP contribution is 2.39. The van der Waals surface area contributed by atoms with E-state index in [9.17, 15) is 28.8 Å². The maximum absolute atomic E-state index is 14.2. The van der Waals surface area contributed by atoms with Gasteiger partial charge in [0.2, 0.25) is 29.6 Å². The molecular formula is C60H81ClN13O7PS. The Morgan fingerprint density at radius 2 is 1.54 bits per heavy atom. The van der Waals surface area contributed by atoms with Crippen molar-refractivity contribution in [1.82, 2.24) is 50.1 Å². The average molecular weight is 1190 g/mol. The standard InChI is InChI=1S/C60H81ClN13O7PS/c1-40-54(83-39-64-40)42-14-12-41(13-15-42)36-62-57(78)49-35-45(75)38-74(49)58(79)55(60(2,3)4)67-52(76)20-22-69-26-28-70(29-27-69)23-21-53(77)73-32-30-72(31-33-73)43-18-24-71(25-19-43)44-16-17-47(50(34-44)81-5)66-59-63-37-46(61)56(68-59)65-48-10-8-9-11-51(48)82(6,7)80/h8-17,34,37,39,43,45,49,55,75H,18-33,35-36,38H2,1-7H3,(H,62,78)(H,67,76)(H2,63,65,66,68)/t45-,49+,55?/m1/s1. The fourth-order valence-corrected chi connectivity index (χ4v) is 13.6. The van der Waals surface area contributed by atoms with E-state index in [1.807, 2.05) is 98.8 Å². The molecule has 446 valence electrons. The van der Waals surface area contributed by atoms with E-state index in [1.54, 1.807) is 31.8 Å². The van der Waals surface area contributed by atoms with E-state index < -0.39 is 30.7 Å². The van der Waals surface area contributed by atoms with Crippen molar-refractivity contribution < 1.29 is 33.6 Å². The summed E-state index contributed by atoms with van der Waals surface area (Å²) < 4.78 is 18.8. The van der Waals surface area contributed by atoms with Gasteiger partial charge in [0.05, 0.1) is 46.9 Å². The van der Waals surface area contributed by atoms with Crippen LogP contribution in [-0.4, -0.2) is 198 Å². The molecular weight excluding hydrogens is 1110 g/mol. The molecule has 0 spiro atoms. The van der Waals surface area contributed by atoms with Crippen LogP contribution in [0.3, 0.4) is 0 Å². The van der Waals surface area contributed by atoms with Crippen LogP contribution in [0.2, 0.25) is 5.02 Å². The minimum Gasteiger partial charge on any atom is -0.494 e. The highest BCUT2D eigenvalue weighted by Gasteiger charge is 2.44. The predicted octanol–water partition coefficient (Wildman–Crippen LogP) is 6.63. The van der Waals surface area contributed by atoms with Crippen LogP contribution in [-0.2, 0) is 30.3 Å². The molecule has 4 aliphatic rings. The van der Waals surface area contributed by atoms with Crippen LogP contribution >= 0.6 is 30.1 Å². The van der Waals surface area contributed by atoms with Gasteiger partial charge in [0.15, 0.2) is 5.82 Å². The van der Waals surface area contributed by atoms with E-state index in [-0.39, 0.29) is 49.6 Å². The molecule has 4 amide bonds. The number of rotatable bonds is 20. The first-order valence-electron chi connectivity index (χ1n) is 28.9. The van der Waals surface area contributed by atoms with Gasteiger partial charge in [-0.15, -0.1) is 11.3 Å². The maximum atomic E-state index is 14.2. The third-order valence-electron chi connectivity index (χ3n) is 16.4. The molecule has 1 unspecified atom stereocenters. The zero-order chi connectivity index (χ0) is 59.0. The Labute approximate surface area is 497 Å². The molecule has 4 fully saturated rings. The van der Waals surface area contributed by atoms with Crippen LogP contribution < -0.4 is 36.2 Å². The zero-order valence-corrected chi connectivity index (χ0v) is 51.4. The summed E-state index contributed by atoms with van der Waals surface area (Å²) in [6.45, 7) is 20.8. The second-order valence-electron chi connectivity index (χ2n) is 23.7. The molecule has 83 heavy (non-hydrogen) atoms. The summed E-state index contributed by atoms with van der Waals surface area (Å²) in [5.41, 5.74) is 6.56. The number of thiazole rings is 1. The number of benzene rings is 3. The number of β-amino-alcohol motifs (C(OH)–C–C–N with tert-alkyl or cyclic N) is 1. The number of hydrogen-bond donors (Lipinski definition) is 5. The van der Waals surface area contributed by atoms with Crippen LogP contribution in [0.4, 0.5) is 28.8 Å². The lowest BCUT2D eigenvalue weighted by atomic mass is 9.85. The molecule has 3 atom stereocenters. The number of hydrogen-bond acceptors (Lipinski definition) is 17. The van der Waals surface area contributed by atoms with Gasteiger partial charge in [-0.2, -0.15) is 4.98 Å². The lowest BCUT2D eigenvalue weighted by Gasteiger charge is -2.43. The molecule has 23 heteroatoms. The first-order valence-corrected chi connectivity index (χ1v) is 32.7. The first-order chi connectivity index (χ1) is 39.7.